The lowest BCUT2D eigenvalue weighted by molar-refractivity contribution is -0.143. The molecule has 0 saturated heterocycles. The second kappa shape index (κ2) is 5.10. The maximum atomic E-state index is 12.1. The van der Waals surface area contributed by atoms with Crippen molar-refractivity contribution >= 4 is 17.3 Å². The summed E-state index contributed by atoms with van der Waals surface area (Å²) in [6.45, 7) is -1.40. The van der Waals surface area contributed by atoms with E-state index < -0.39 is 18.3 Å². The van der Waals surface area contributed by atoms with E-state index >= 15 is 0 Å². The predicted octanol–water partition coefficient (Wildman–Crippen LogP) is 1.50. The Balaban J connectivity index is 3.04. The van der Waals surface area contributed by atoms with Crippen LogP contribution in [0.5, 0.6) is 0 Å². The maximum Gasteiger partial charge on any atom is 0.408 e. The van der Waals surface area contributed by atoms with Crippen molar-refractivity contribution in [2.75, 3.05) is 11.9 Å². The summed E-state index contributed by atoms with van der Waals surface area (Å²) in [6, 6.07) is 0. The van der Waals surface area contributed by atoms with Crippen LogP contribution in [0.3, 0.4) is 0 Å². The second-order valence-electron chi connectivity index (χ2n) is 3.01. The minimum atomic E-state index is -4.53. The summed E-state index contributed by atoms with van der Waals surface area (Å²) in [4.78, 5) is 11.4. The molecule has 92 valence electrons. The van der Waals surface area contributed by atoms with Crippen LogP contribution in [-0.2, 0) is 6.54 Å². The molecule has 1 N–H and O–H groups in total. The Morgan fingerprint density at radius 2 is 2.24 bits per heavy atom. The highest BCUT2D eigenvalue weighted by Crippen LogP contribution is 2.18. The summed E-state index contributed by atoms with van der Waals surface area (Å²) in [6.07, 6.45) is 1.46. The van der Waals surface area contributed by atoms with Crippen molar-refractivity contribution in [2.45, 2.75) is 12.7 Å². The number of alkyl halides is 3. The smallest absolute Gasteiger partial charge is 0.371 e. The van der Waals surface area contributed by atoms with Gasteiger partial charge in [-0.3, -0.25) is 4.79 Å². The summed E-state index contributed by atoms with van der Waals surface area (Å²) in [7, 11) is 0. The molecule has 0 amide bonds. The number of aromatic nitrogens is 2. The van der Waals surface area contributed by atoms with Crippen molar-refractivity contribution in [2.24, 2.45) is 0 Å². The van der Waals surface area contributed by atoms with Crippen LogP contribution in [0, 0.1) is 12.3 Å². The van der Waals surface area contributed by atoms with E-state index in [9.17, 15) is 18.0 Å². The Hall–Kier alpha value is -1.68. The Morgan fingerprint density at radius 3 is 2.76 bits per heavy atom. The number of anilines is 1. The molecule has 0 spiro atoms. The SMILES string of the molecule is C#CCNc1cnn(CC(F)(F)F)c(=O)c1Cl. The molecule has 0 aliphatic heterocycles. The van der Waals surface area contributed by atoms with Crippen LogP contribution < -0.4 is 10.9 Å². The molecular formula is C9H7ClF3N3O. The highest BCUT2D eigenvalue weighted by Gasteiger charge is 2.29. The van der Waals surface area contributed by atoms with E-state index in [0.717, 1.165) is 6.20 Å². The van der Waals surface area contributed by atoms with Crippen LogP contribution in [0.1, 0.15) is 0 Å². The van der Waals surface area contributed by atoms with Crippen molar-refractivity contribution < 1.29 is 13.2 Å². The molecule has 4 nitrogen and oxygen atoms in total. The second-order valence-corrected chi connectivity index (χ2v) is 3.39. The summed E-state index contributed by atoms with van der Waals surface area (Å²) >= 11 is 5.59. The lowest BCUT2D eigenvalue weighted by Gasteiger charge is -2.10. The van der Waals surface area contributed by atoms with Crippen molar-refractivity contribution in [1.82, 2.24) is 9.78 Å². The van der Waals surface area contributed by atoms with Gasteiger partial charge in [0.15, 0.2) is 0 Å². The summed E-state index contributed by atoms with van der Waals surface area (Å²) < 4.78 is 36.5. The van der Waals surface area contributed by atoms with Crippen molar-refractivity contribution in [3.05, 3.63) is 21.6 Å². The van der Waals surface area contributed by atoms with Gasteiger partial charge in [-0.1, -0.05) is 17.5 Å². The Morgan fingerprint density at radius 1 is 1.59 bits per heavy atom. The summed E-state index contributed by atoms with van der Waals surface area (Å²) in [5, 5.41) is 5.54. The third-order valence-corrected chi connectivity index (χ3v) is 2.06. The topological polar surface area (TPSA) is 46.9 Å². The minimum absolute atomic E-state index is 0.0874. The van der Waals surface area contributed by atoms with Gasteiger partial charge in [0.05, 0.1) is 18.4 Å². The van der Waals surface area contributed by atoms with Crippen LogP contribution in [0.4, 0.5) is 18.9 Å². The fraction of sp³-hybridized carbons (Fsp3) is 0.333. The molecule has 0 aromatic carbocycles. The van der Waals surface area contributed by atoms with Gasteiger partial charge in [-0.25, -0.2) is 4.68 Å². The van der Waals surface area contributed by atoms with E-state index in [0.29, 0.717) is 0 Å². The molecule has 1 aromatic rings. The molecule has 8 heteroatoms. The first-order valence-corrected chi connectivity index (χ1v) is 4.72. The molecule has 17 heavy (non-hydrogen) atoms. The van der Waals surface area contributed by atoms with Crippen molar-refractivity contribution in [3.63, 3.8) is 0 Å². The number of rotatable bonds is 3. The quantitative estimate of drug-likeness (QED) is 0.843. The average molecular weight is 266 g/mol. The first-order valence-electron chi connectivity index (χ1n) is 4.35. The standard InChI is InChI=1S/C9H7ClF3N3O/c1-2-3-14-6-4-15-16(5-9(11,12)13)8(17)7(6)10/h1,4,14H,3,5H2. The van der Waals surface area contributed by atoms with Gasteiger partial charge in [-0.05, 0) is 0 Å². The zero-order valence-corrected chi connectivity index (χ0v) is 9.14. The van der Waals surface area contributed by atoms with E-state index in [4.69, 9.17) is 18.0 Å². The molecule has 0 bridgehead atoms. The molecule has 1 heterocycles. The average Bonchev–Trinajstić information content (AvgIpc) is 2.22. The molecule has 0 fully saturated rings. The number of halogens is 4. The monoisotopic (exact) mass is 265 g/mol. The minimum Gasteiger partial charge on any atom is -0.371 e. The number of hydrogen-bond donors (Lipinski definition) is 1. The zero-order chi connectivity index (χ0) is 13.1. The van der Waals surface area contributed by atoms with Crippen LogP contribution in [-0.4, -0.2) is 22.5 Å². The van der Waals surface area contributed by atoms with Gasteiger partial charge >= 0.3 is 6.18 Å². The van der Waals surface area contributed by atoms with Gasteiger partial charge in [0.1, 0.15) is 11.6 Å². The first-order chi connectivity index (χ1) is 7.85. The molecule has 1 rings (SSSR count). The fourth-order valence-corrected chi connectivity index (χ4v) is 1.23. The maximum absolute atomic E-state index is 12.1. The van der Waals surface area contributed by atoms with E-state index in [1.165, 1.54) is 0 Å². The van der Waals surface area contributed by atoms with E-state index in [1.807, 2.05) is 0 Å². The van der Waals surface area contributed by atoms with Crippen LogP contribution in [0.25, 0.3) is 0 Å². The normalized spacial score (nSPS) is 11.0. The molecule has 0 unspecified atom stereocenters. The van der Waals surface area contributed by atoms with Gasteiger partial charge in [-0.2, -0.15) is 18.3 Å². The molecule has 0 saturated carbocycles. The fourth-order valence-electron chi connectivity index (χ4n) is 1.02. The largest absolute Gasteiger partial charge is 0.408 e. The number of terminal acetylenes is 1. The Labute approximate surface area is 99.4 Å². The van der Waals surface area contributed by atoms with E-state index in [1.54, 1.807) is 0 Å². The van der Waals surface area contributed by atoms with Gasteiger partial charge in [-0.15, -0.1) is 6.42 Å². The number of hydrogen-bond acceptors (Lipinski definition) is 3. The van der Waals surface area contributed by atoms with Gasteiger partial charge in [0.2, 0.25) is 0 Å². The molecular weight excluding hydrogens is 259 g/mol. The molecule has 0 aliphatic carbocycles. The van der Waals surface area contributed by atoms with Crippen molar-refractivity contribution in [3.8, 4) is 12.3 Å². The molecule has 0 atom stereocenters. The highest BCUT2D eigenvalue weighted by molar-refractivity contribution is 6.32. The third-order valence-electron chi connectivity index (χ3n) is 1.69. The number of nitrogens with one attached hydrogen (secondary N) is 1. The molecule has 0 radical (unpaired) electrons. The summed E-state index contributed by atoms with van der Waals surface area (Å²) in [5.74, 6) is 2.23. The van der Waals surface area contributed by atoms with E-state index in [-0.39, 0.29) is 21.9 Å². The van der Waals surface area contributed by atoms with Crippen LogP contribution in [0.2, 0.25) is 5.02 Å². The lowest BCUT2D eigenvalue weighted by Crippen LogP contribution is -2.30. The van der Waals surface area contributed by atoms with Gasteiger partial charge < -0.3 is 5.32 Å². The third kappa shape index (κ3) is 3.67. The van der Waals surface area contributed by atoms with E-state index in [2.05, 4.69) is 16.3 Å². The molecule has 1 aromatic heterocycles. The van der Waals surface area contributed by atoms with Gasteiger partial charge in [0, 0.05) is 0 Å². The number of nitrogens with zero attached hydrogens (tertiary/aromatic N) is 2. The predicted molar refractivity (Wildman–Crippen MR) is 56.9 cm³/mol. The molecule has 0 aliphatic rings. The summed E-state index contributed by atoms with van der Waals surface area (Å²) in [5.41, 5.74) is -0.918. The van der Waals surface area contributed by atoms with Crippen LogP contribution in [0.15, 0.2) is 11.0 Å². The van der Waals surface area contributed by atoms with Gasteiger partial charge in [0.25, 0.3) is 5.56 Å². The Bertz CT molecular complexity index is 504. The van der Waals surface area contributed by atoms with Crippen molar-refractivity contribution in [1.29, 1.82) is 0 Å². The lowest BCUT2D eigenvalue weighted by atomic mass is 10.4. The highest BCUT2D eigenvalue weighted by atomic mass is 35.5. The first kappa shape index (κ1) is 13.4. The van der Waals surface area contributed by atoms with Crippen LogP contribution >= 0.6 is 11.6 Å². The zero-order valence-electron chi connectivity index (χ0n) is 8.38. The Kier molecular flexibility index (Phi) is 4.02.